The van der Waals surface area contributed by atoms with Crippen molar-refractivity contribution >= 4 is 11.6 Å². The molecular formula is C22H26N4O2. The van der Waals surface area contributed by atoms with E-state index < -0.39 is 0 Å². The van der Waals surface area contributed by atoms with E-state index in [9.17, 15) is 4.79 Å². The molecule has 1 unspecified atom stereocenters. The summed E-state index contributed by atoms with van der Waals surface area (Å²) in [7, 11) is 1.63. The van der Waals surface area contributed by atoms with Crippen molar-refractivity contribution in [1.82, 2.24) is 15.1 Å². The summed E-state index contributed by atoms with van der Waals surface area (Å²) in [4.78, 5) is 12.5. The third kappa shape index (κ3) is 4.91. The highest BCUT2D eigenvalue weighted by atomic mass is 16.5. The third-order valence-electron chi connectivity index (χ3n) is 4.57. The van der Waals surface area contributed by atoms with Gasteiger partial charge in [0.25, 0.3) is 5.91 Å². The van der Waals surface area contributed by atoms with E-state index in [1.165, 1.54) is 0 Å². The standard InChI is InChI=1S/C22H26N4O2/c1-16(2)21(24-17-7-5-4-6-8-17)15-23-22(27)20-13-14-26(25-20)18-9-11-19(28-3)12-10-18/h4-14,16,21,24H,15H2,1-3H3,(H,23,27). The van der Waals surface area contributed by atoms with E-state index in [0.29, 0.717) is 18.2 Å². The number of carbonyl (C=O) groups excluding carboxylic acids is 1. The molecule has 146 valence electrons. The molecule has 3 rings (SSSR count). The fourth-order valence-electron chi connectivity index (χ4n) is 2.82. The lowest BCUT2D eigenvalue weighted by Gasteiger charge is -2.23. The predicted molar refractivity (Wildman–Crippen MR) is 111 cm³/mol. The van der Waals surface area contributed by atoms with E-state index >= 15 is 0 Å². The zero-order chi connectivity index (χ0) is 19.9. The molecule has 3 aromatic rings. The first-order valence-electron chi connectivity index (χ1n) is 9.36. The quantitative estimate of drug-likeness (QED) is 0.626. The normalized spacial score (nSPS) is 11.9. The van der Waals surface area contributed by atoms with Crippen molar-refractivity contribution in [2.75, 3.05) is 19.0 Å². The number of nitrogens with zero attached hydrogens (tertiary/aromatic N) is 2. The molecule has 0 aliphatic carbocycles. The van der Waals surface area contributed by atoms with E-state index in [4.69, 9.17) is 4.74 Å². The van der Waals surface area contributed by atoms with Gasteiger partial charge in [0.15, 0.2) is 5.69 Å². The van der Waals surface area contributed by atoms with Crippen molar-refractivity contribution in [1.29, 1.82) is 0 Å². The van der Waals surface area contributed by atoms with E-state index in [1.807, 2.05) is 54.6 Å². The first-order chi connectivity index (χ1) is 13.6. The number of carbonyl (C=O) groups is 1. The van der Waals surface area contributed by atoms with Crippen molar-refractivity contribution in [2.45, 2.75) is 19.9 Å². The molecule has 1 atom stereocenters. The van der Waals surface area contributed by atoms with Crippen LogP contribution >= 0.6 is 0 Å². The Morgan fingerprint density at radius 3 is 2.43 bits per heavy atom. The molecule has 6 nitrogen and oxygen atoms in total. The molecule has 0 spiro atoms. The molecule has 0 radical (unpaired) electrons. The number of nitrogens with one attached hydrogen (secondary N) is 2. The van der Waals surface area contributed by atoms with Gasteiger partial charge in [0, 0.05) is 24.5 Å². The minimum absolute atomic E-state index is 0.120. The van der Waals surface area contributed by atoms with Crippen LogP contribution in [0.25, 0.3) is 5.69 Å². The second-order valence-corrected chi connectivity index (χ2v) is 6.91. The summed E-state index contributed by atoms with van der Waals surface area (Å²) >= 11 is 0. The molecule has 1 amide bonds. The van der Waals surface area contributed by atoms with Crippen LogP contribution in [-0.4, -0.2) is 35.4 Å². The number of para-hydroxylation sites is 1. The van der Waals surface area contributed by atoms with Crippen molar-refractivity contribution in [3.05, 3.63) is 72.6 Å². The summed E-state index contributed by atoms with van der Waals surface area (Å²) in [5.41, 5.74) is 2.29. The first-order valence-corrected chi connectivity index (χ1v) is 9.36. The van der Waals surface area contributed by atoms with Gasteiger partial charge < -0.3 is 15.4 Å². The van der Waals surface area contributed by atoms with Gasteiger partial charge in [-0.25, -0.2) is 4.68 Å². The number of aromatic nitrogens is 2. The second kappa shape index (κ2) is 9.08. The zero-order valence-corrected chi connectivity index (χ0v) is 16.4. The monoisotopic (exact) mass is 378 g/mol. The molecule has 1 heterocycles. The summed E-state index contributed by atoms with van der Waals surface area (Å²) in [6.07, 6.45) is 1.78. The number of ether oxygens (including phenoxy) is 1. The molecule has 6 heteroatoms. The number of amides is 1. The molecule has 0 fully saturated rings. The van der Waals surface area contributed by atoms with E-state index in [1.54, 1.807) is 24.1 Å². The largest absolute Gasteiger partial charge is 0.497 e. The van der Waals surface area contributed by atoms with Crippen LogP contribution < -0.4 is 15.4 Å². The van der Waals surface area contributed by atoms with Gasteiger partial charge in [-0.1, -0.05) is 32.0 Å². The van der Waals surface area contributed by atoms with Crippen molar-refractivity contribution in [2.24, 2.45) is 5.92 Å². The van der Waals surface area contributed by atoms with Gasteiger partial charge in [-0.05, 0) is 48.4 Å². The lowest BCUT2D eigenvalue weighted by atomic mass is 10.0. The second-order valence-electron chi connectivity index (χ2n) is 6.91. The average Bonchev–Trinajstić information content (AvgIpc) is 3.22. The summed E-state index contributed by atoms with van der Waals surface area (Å²) in [5, 5.41) is 10.8. The molecule has 28 heavy (non-hydrogen) atoms. The predicted octanol–water partition coefficient (Wildman–Crippen LogP) is 3.75. The average molecular weight is 378 g/mol. The zero-order valence-electron chi connectivity index (χ0n) is 16.4. The van der Waals surface area contributed by atoms with Gasteiger partial charge in [0.1, 0.15) is 5.75 Å². The number of hydrogen-bond donors (Lipinski definition) is 2. The van der Waals surface area contributed by atoms with Crippen LogP contribution in [0, 0.1) is 5.92 Å². The maximum absolute atomic E-state index is 12.5. The van der Waals surface area contributed by atoms with Gasteiger partial charge in [-0.15, -0.1) is 0 Å². The van der Waals surface area contributed by atoms with Gasteiger partial charge in [0.2, 0.25) is 0 Å². The number of anilines is 1. The van der Waals surface area contributed by atoms with Crippen LogP contribution in [0.2, 0.25) is 0 Å². The van der Waals surface area contributed by atoms with Gasteiger partial charge in [-0.2, -0.15) is 5.10 Å². The van der Waals surface area contributed by atoms with E-state index in [0.717, 1.165) is 17.1 Å². The Hall–Kier alpha value is -3.28. The summed E-state index contributed by atoms with van der Waals surface area (Å²) in [6, 6.07) is 19.4. The van der Waals surface area contributed by atoms with Crippen LogP contribution in [0.15, 0.2) is 66.9 Å². The summed E-state index contributed by atoms with van der Waals surface area (Å²) in [6.45, 7) is 4.77. The third-order valence-corrected chi connectivity index (χ3v) is 4.57. The number of methoxy groups -OCH3 is 1. The molecular weight excluding hydrogens is 352 g/mol. The fraction of sp³-hybridized carbons (Fsp3) is 0.273. The van der Waals surface area contributed by atoms with Crippen molar-refractivity contribution in [3.8, 4) is 11.4 Å². The Labute approximate surface area is 165 Å². The number of benzene rings is 2. The summed E-state index contributed by atoms with van der Waals surface area (Å²) in [5.74, 6) is 0.949. The van der Waals surface area contributed by atoms with Crippen LogP contribution in [0.3, 0.4) is 0 Å². The molecule has 2 N–H and O–H groups in total. The Morgan fingerprint density at radius 2 is 1.79 bits per heavy atom. The Balaban J connectivity index is 1.61. The lowest BCUT2D eigenvalue weighted by molar-refractivity contribution is 0.0945. The summed E-state index contributed by atoms with van der Waals surface area (Å²) < 4.78 is 6.84. The number of rotatable bonds is 8. The molecule has 2 aromatic carbocycles. The Kier molecular flexibility index (Phi) is 6.32. The van der Waals surface area contributed by atoms with Crippen molar-refractivity contribution < 1.29 is 9.53 Å². The highest BCUT2D eigenvalue weighted by molar-refractivity contribution is 5.92. The SMILES string of the molecule is COc1ccc(-n2ccc(C(=O)NCC(Nc3ccccc3)C(C)C)n2)cc1. The molecule has 1 aromatic heterocycles. The number of hydrogen-bond acceptors (Lipinski definition) is 4. The van der Waals surface area contributed by atoms with Crippen LogP contribution in [0.1, 0.15) is 24.3 Å². The molecule has 0 saturated carbocycles. The van der Waals surface area contributed by atoms with Crippen LogP contribution in [0.5, 0.6) is 5.75 Å². The van der Waals surface area contributed by atoms with Gasteiger partial charge in [-0.3, -0.25) is 4.79 Å². The van der Waals surface area contributed by atoms with Crippen molar-refractivity contribution in [3.63, 3.8) is 0 Å². The van der Waals surface area contributed by atoms with Gasteiger partial charge in [0.05, 0.1) is 12.8 Å². The van der Waals surface area contributed by atoms with Crippen LogP contribution in [-0.2, 0) is 0 Å². The maximum Gasteiger partial charge on any atom is 0.271 e. The topological polar surface area (TPSA) is 68.2 Å². The smallest absolute Gasteiger partial charge is 0.271 e. The Morgan fingerprint density at radius 1 is 1.07 bits per heavy atom. The highest BCUT2D eigenvalue weighted by Crippen LogP contribution is 2.15. The molecule has 0 aliphatic rings. The molecule has 0 saturated heterocycles. The first kappa shape index (κ1) is 19.5. The Bertz CT molecular complexity index is 888. The van der Waals surface area contributed by atoms with E-state index in [2.05, 4.69) is 29.6 Å². The van der Waals surface area contributed by atoms with Gasteiger partial charge >= 0.3 is 0 Å². The molecule has 0 aliphatic heterocycles. The fourth-order valence-corrected chi connectivity index (χ4v) is 2.82. The van der Waals surface area contributed by atoms with E-state index in [-0.39, 0.29) is 11.9 Å². The maximum atomic E-state index is 12.5. The lowest BCUT2D eigenvalue weighted by Crippen LogP contribution is -2.39. The minimum atomic E-state index is -0.187. The highest BCUT2D eigenvalue weighted by Gasteiger charge is 2.16. The molecule has 0 bridgehead atoms. The van der Waals surface area contributed by atoms with Crippen LogP contribution in [0.4, 0.5) is 5.69 Å². The minimum Gasteiger partial charge on any atom is -0.497 e.